The molecule has 4 aromatic rings. The maximum absolute atomic E-state index is 11.6. The minimum atomic E-state index is 0.0988. The molecule has 166 valence electrons. The van der Waals surface area contributed by atoms with E-state index in [1.165, 1.54) is 21.6 Å². The number of anilines is 2. The average molecular weight is 475 g/mol. The number of ketones is 1. The number of fused-ring (bicyclic) bond motifs is 2. The van der Waals surface area contributed by atoms with Gasteiger partial charge in [0.05, 0.1) is 30.8 Å². The number of nitrogens with zero attached hydrogens (tertiary/aromatic N) is 4. The Balaban J connectivity index is 1.58. The lowest BCUT2D eigenvalue weighted by atomic mass is 10.2. The van der Waals surface area contributed by atoms with E-state index in [1.807, 2.05) is 28.8 Å². The first-order valence-corrected chi connectivity index (χ1v) is 12.3. The lowest BCUT2D eigenvalue weighted by molar-refractivity contribution is -0.114. The largest absolute Gasteiger partial charge is 0.497 e. The number of hydrogen-bond donors (Lipinski definition) is 0. The zero-order valence-corrected chi connectivity index (χ0v) is 19.9. The Morgan fingerprint density at radius 1 is 0.939 bits per heavy atom. The van der Waals surface area contributed by atoms with Gasteiger partial charge >= 0.3 is 0 Å². The number of thioether (sulfide) groups is 1. The number of hydrogen-bond acceptors (Lipinski definition) is 7. The highest BCUT2D eigenvalue weighted by atomic mass is 32.2. The van der Waals surface area contributed by atoms with Gasteiger partial charge in [-0.15, -0.1) is 10.2 Å². The van der Waals surface area contributed by atoms with Crippen LogP contribution in [-0.2, 0) is 11.3 Å². The van der Waals surface area contributed by atoms with Gasteiger partial charge in [0.2, 0.25) is 0 Å². The van der Waals surface area contributed by atoms with Crippen molar-refractivity contribution in [3.8, 4) is 11.4 Å². The van der Waals surface area contributed by atoms with Gasteiger partial charge in [-0.05, 0) is 55.5 Å². The normalized spacial score (nSPS) is 12.2. The van der Waals surface area contributed by atoms with Crippen molar-refractivity contribution in [2.75, 3.05) is 17.8 Å². The third kappa shape index (κ3) is 4.36. The molecular formula is C25H22N4O2S2. The maximum Gasteiger partial charge on any atom is 0.196 e. The van der Waals surface area contributed by atoms with Gasteiger partial charge in [0, 0.05) is 15.5 Å². The minimum Gasteiger partial charge on any atom is -0.497 e. The number of benzene rings is 3. The van der Waals surface area contributed by atoms with Gasteiger partial charge in [0.25, 0.3) is 0 Å². The molecule has 5 rings (SSSR count). The molecule has 0 aliphatic carbocycles. The van der Waals surface area contributed by atoms with Crippen molar-refractivity contribution < 1.29 is 9.53 Å². The molecule has 0 unspecified atom stereocenters. The van der Waals surface area contributed by atoms with Crippen LogP contribution in [0.1, 0.15) is 12.7 Å². The van der Waals surface area contributed by atoms with Crippen LogP contribution in [0.2, 0.25) is 0 Å². The molecule has 0 saturated carbocycles. The van der Waals surface area contributed by atoms with Gasteiger partial charge in [-0.1, -0.05) is 47.8 Å². The number of carbonyl (C=O) groups is 1. The van der Waals surface area contributed by atoms with Crippen molar-refractivity contribution in [2.45, 2.75) is 28.4 Å². The quantitative estimate of drug-likeness (QED) is 0.316. The van der Waals surface area contributed by atoms with Crippen molar-refractivity contribution >= 4 is 40.7 Å². The lowest BCUT2D eigenvalue weighted by Crippen LogP contribution is -2.22. The predicted molar refractivity (Wildman–Crippen MR) is 132 cm³/mol. The van der Waals surface area contributed by atoms with Crippen LogP contribution in [0.3, 0.4) is 0 Å². The van der Waals surface area contributed by atoms with Gasteiger partial charge in [-0.2, -0.15) is 0 Å². The summed E-state index contributed by atoms with van der Waals surface area (Å²) in [6, 6.07) is 24.6. The van der Waals surface area contributed by atoms with E-state index in [0.717, 1.165) is 28.6 Å². The molecule has 2 heterocycles. The molecule has 1 aliphatic rings. The second-order valence-electron chi connectivity index (χ2n) is 7.55. The number of methoxy groups -OCH3 is 1. The highest BCUT2D eigenvalue weighted by molar-refractivity contribution is 8.00. The Morgan fingerprint density at radius 3 is 2.18 bits per heavy atom. The number of rotatable bonds is 7. The zero-order chi connectivity index (χ0) is 22.8. The fraction of sp³-hybridized carbons (Fsp3) is 0.160. The molecule has 0 fully saturated rings. The molecule has 0 atom stereocenters. The molecule has 0 amide bonds. The molecular weight excluding hydrogens is 452 g/mol. The fourth-order valence-electron chi connectivity index (χ4n) is 3.75. The molecule has 33 heavy (non-hydrogen) atoms. The second-order valence-corrected chi connectivity index (χ2v) is 9.57. The number of carbonyl (C=O) groups excluding carboxylic acids is 1. The van der Waals surface area contributed by atoms with E-state index < -0.39 is 0 Å². The van der Waals surface area contributed by atoms with Crippen molar-refractivity contribution in [2.24, 2.45) is 0 Å². The first kappa shape index (κ1) is 21.6. The van der Waals surface area contributed by atoms with Gasteiger partial charge in [-0.25, -0.2) is 0 Å². The van der Waals surface area contributed by atoms with Crippen LogP contribution in [0, 0.1) is 0 Å². The van der Waals surface area contributed by atoms with Crippen LogP contribution in [0.25, 0.3) is 5.69 Å². The number of aromatic nitrogens is 3. The van der Waals surface area contributed by atoms with E-state index >= 15 is 0 Å². The number of ether oxygens (including phenoxy) is 1. The Morgan fingerprint density at radius 2 is 1.58 bits per heavy atom. The lowest BCUT2D eigenvalue weighted by Gasteiger charge is -2.32. The summed E-state index contributed by atoms with van der Waals surface area (Å²) in [4.78, 5) is 16.3. The molecule has 8 heteroatoms. The molecule has 0 saturated heterocycles. The predicted octanol–water partition coefficient (Wildman–Crippen LogP) is 5.76. The summed E-state index contributed by atoms with van der Waals surface area (Å²) in [5, 5.41) is 9.69. The smallest absolute Gasteiger partial charge is 0.196 e. The van der Waals surface area contributed by atoms with Gasteiger partial charge in [-0.3, -0.25) is 9.36 Å². The first-order valence-electron chi connectivity index (χ1n) is 10.5. The molecule has 6 nitrogen and oxygen atoms in total. The van der Waals surface area contributed by atoms with Crippen LogP contribution >= 0.6 is 23.5 Å². The average Bonchev–Trinajstić information content (AvgIpc) is 3.25. The third-order valence-corrected chi connectivity index (χ3v) is 7.47. The molecule has 3 aromatic carbocycles. The highest BCUT2D eigenvalue weighted by Gasteiger charge is 2.26. The molecule has 1 aliphatic heterocycles. The summed E-state index contributed by atoms with van der Waals surface area (Å²) >= 11 is 3.18. The van der Waals surface area contributed by atoms with Crippen LogP contribution < -0.4 is 9.64 Å². The molecule has 0 bridgehead atoms. The molecule has 1 aromatic heterocycles. The van der Waals surface area contributed by atoms with E-state index in [-0.39, 0.29) is 5.78 Å². The third-order valence-electron chi connectivity index (χ3n) is 5.27. The molecule has 0 radical (unpaired) electrons. The standard InChI is InChI=1S/C25H22N4O2S2/c1-17(30)16-32-25-27-26-24(29(25)18-11-13-19(31-2)14-12-18)15-28-20-7-3-5-9-22(20)33-23-10-6-4-8-21(23)28/h3-14H,15-16H2,1-2H3. The van der Waals surface area contributed by atoms with Gasteiger partial charge in [0.15, 0.2) is 11.0 Å². The van der Waals surface area contributed by atoms with E-state index in [1.54, 1.807) is 25.8 Å². The van der Waals surface area contributed by atoms with E-state index in [4.69, 9.17) is 4.74 Å². The molecule has 0 spiro atoms. The monoisotopic (exact) mass is 474 g/mol. The first-order chi connectivity index (χ1) is 16.1. The minimum absolute atomic E-state index is 0.0988. The van der Waals surface area contributed by atoms with Crippen molar-refractivity contribution in [3.63, 3.8) is 0 Å². The van der Waals surface area contributed by atoms with E-state index in [2.05, 4.69) is 63.6 Å². The van der Waals surface area contributed by atoms with Crippen LogP contribution in [-0.4, -0.2) is 33.4 Å². The molecule has 0 N–H and O–H groups in total. The highest BCUT2D eigenvalue weighted by Crippen LogP contribution is 2.48. The van der Waals surface area contributed by atoms with Crippen LogP contribution in [0.15, 0.2) is 87.7 Å². The van der Waals surface area contributed by atoms with Crippen molar-refractivity contribution in [1.82, 2.24) is 14.8 Å². The van der Waals surface area contributed by atoms with Crippen molar-refractivity contribution in [1.29, 1.82) is 0 Å². The van der Waals surface area contributed by atoms with Gasteiger partial charge in [0.1, 0.15) is 11.5 Å². The summed E-state index contributed by atoms with van der Waals surface area (Å²) in [5.74, 6) is 2.02. The number of para-hydroxylation sites is 2. The number of Topliss-reactive ketones (excluding diaryl/α,β-unsaturated/α-hetero) is 1. The van der Waals surface area contributed by atoms with E-state index in [0.29, 0.717) is 17.5 Å². The maximum atomic E-state index is 11.6. The SMILES string of the molecule is COc1ccc(-n2c(CN3c4ccccc4Sc4ccccc43)nnc2SCC(C)=O)cc1. The van der Waals surface area contributed by atoms with Gasteiger partial charge < -0.3 is 9.64 Å². The van der Waals surface area contributed by atoms with Crippen LogP contribution in [0.5, 0.6) is 5.75 Å². The Bertz CT molecular complexity index is 1260. The van der Waals surface area contributed by atoms with Crippen molar-refractivity contribution in [3.05, 3.63) is 78.6 Å². The summed E-state index contributed by atoms with van der Waals surface area (Å²) < 4.78 is 7.35. The topological polar surface area (TPSA) is 60.2 Å². The summed E-state index contributed by atoms with van der Waals surface area (Å²) in [6.07, 6.45) is 0. The summed E-state index contributed by atoms with van der Waals surface area (Å²) in [6.45, 7) is 2.12. The fourth-order valence-corrected chi connectivity index (χ4v) is 5.61. The Labute approximate surface area is 201 Å². The Hall–Kier alpha value is -3.23. The Kier molecular flexibility index (Phi) is 6.11. The van der Waals surface area contributed by atoms with E-state index in [9.17, 15) is 4.79 Å². The summed E-state index contributed by atoms with van der Waals surface area (Å²) in [7, 11) is 1.65. The summed E-state index contributed by atoms with van der Waals surface area (Å²) in [5.41, 5.74) is 3.21. The van der Waals surface area contributed by atoms with Crippen LogP contribution in [0.4, 0.5) is 11.4 Å². The zero-order valence-electron chi connectivity index (χ0n) is 18.3. The second kappa shape index (κ2) is 9.33.